The van der Waals surface area contributed by atoms with Gasteiger partial charge in [0.2, 0.25) is 0 Å². The van der Waals surface area contributed by atoms with Crippen molar-refractivity contribution in [2.75, 3.05) is 26.2 Å². The van der Waals surface area contributed by atoms with Gasteiger partial charge in [-0.1, -0.05) is 24.3 Å². The van der Waals surface area contributed by atoms with Gasteiger partial charge in [0.25, 0.3) is 0 Å². The van der Waals surface area contributed by atoms with E-state index < -0.39 is 0 Å². The third-order valence-corrected chi connectivity index (χ3v) is 6.89. The normalized spacial score (nSPS) is 19.0. The number of hydrogen-bond donors (Lipinski definition) is 3. The van der Waals surface area contributed by atoms with Gasteiger partial charge in [0.05, 0.1) is 6.61 Å². The molecule has 33 heavy (non-hydrogen) atoms. The number of aliphatic hydroxyl groups is 1. The van der Waals surface area contributed by atoms with E-state index in [9.17, 15) is 0 Å². The van der Waals surface area contributed by atoms with Gasteiger partial charge in [-0.15, -0.1) is 0 Å². The quantitative estimate of drug-likeness (QED) is 0.484. The number of aryl methyl sites for hydroxylation is 2. The molecule has 3 N–H and O–H groups in total. The molecule has 0 spiro atoms. The Morgan fingerprint density at radius 1 is 1.03 bits per heavy atom. The molecule has 1 unspecified atom stereocenters. The van der Waals surface area contributed by atoms with Crippen LogP contribution in [0.5, 0.6) is 0 Å². The third kappa shape index (κ3) is 5.94. The Kier molecular flexibility index (Phi) is 7.69. The highest BCUT2D eigenvalue weighted by atomic mass is 16.3. The van der Waals surface area contributed by atoms with Crippen LogP contribution in [0, 0.1) is 13.8 Å². The van der Waals surface area contributed by atoms with Gasteiger partial charge >= 0.3 is 0 Å². The molecule has 2 aromatic carbocycles. The summed E-state index contributed by atoms with van der Waals surface area (Å²) in [5, 5.41) is 12.9. The maximum absolute atomic E-state index is 8.50. The molecule has 0 radical (unpaired) electrons. The Labute approximate surface area is 198 Å². The second-order valence-electron chi connectivity index (χ2n) is 9.89. The molecule has 2 aliphatic rings. The number of benzene rings is 2. The Hall–Kier alpha value is -2.40. The first-order valence-electron chi connectivity index (χ1n) is 12.4. The number of aromatic amines is 1. The number of fused-ring (bicyclic) bond motifs is 1. The SMILES string of the molecule is Cc1cc(C2=CCN(C(C)C)CC2)cc(-c2ccc3[nH]c(C)cc3c2)c1.OCC1CCCN1. The largest absolute Gasteiger partial charge is 0.395 e. The minimum Gasteiger partial charge on any atom is -0.395 e. The van der Waals surface area contributed by atoms with E-state index in [2.05, 4.69) is 91.4 Å². The van der Waals surface area contributed by atoms with Crippen molar-refractivity contribution in [2.24, 2.45) is 0 Å². The van der Waals surface area contributed by atoms with Crippen molar-refractivity contribution in [1.82, 2.24) is 15.2 Å². The molecule has 4 nitrogen and oxygen atoms in total. The van der Waals surface area contributed by atoms with Crippen LogP contribution in [0.2, 0.25) is 0 Å². The van der Waals surface area contributed by atoms with Crippen LogP contribution in [0.15, 0.2) is 48.5 Å². The van der Waals surface area contributed by atoms with Gasteiger partial charge in [0.1, 0.15) is 0 Å². The van der Waals surface area contributed by atoms with Crippen LogP contribution in [0.4, 0.5) is 0 Å². The average Bonchev–Trinajstić information content (AvgIpc) is 3.47. The van der Waals surface area contributed by atoms with E-state index in [-0.39, 0.29) is 0 Å². The lowest BCUT2D eigenvalue weighted by atomic mass is 9.93. The van der Waals surface area contributed by atoms with Crippen LogP contribution in [0.1, 0.15) is 49.9 Å². The summed E-state index contributed by atoms with van der Waals surface area (Å²) in [5.74, 6) is 0. The molecule has 5 rings (SSSR count). The molecule has 0 saturated carbocycles. The minimum atomic E-state index is 0.306. The van der Waals surface area contributed by atoms with Crippen molar-refractivity contribution < 1.29 is 5.11 Å². The van der Waals surface area contributed by atoms with Gasteiger partial charge in [0, 0.05) is 41.8 Å². The summed E-state index contributed by atoms with van der Waals surface area (Å²) in [4.78, 5) is 5.94. The highest BCUT2D eigenvalue weighted by molar-refractivity contribution is 5.86. The van der Waals surface area contributed by atoms with Crippen molar-refractivity contribution in [3.63, 3.8) is 0 Å². The molecule has 1 fully saturated rings. The van der Waals surface area contributed by atoms with Crippen molar-refractivity contribution in [2.45, 2.75) is 59.0 Å². The topological polar surface area (TPSA) is 51.3 Å². The van der Waals surface area contributed by atoms with Crippen LogP contribution < -0.4 is 5.32 Å². The number of rotatable bonds is 4. The van der Waals surface area contributed by atoms with E-state index in [1.54, 1.807) is 0 Å². The van der Waals surface area contributed by atoms with Gasteiger partial charge in [-0.2, -0.15) is 0 Å². The van der Waals surface area contributed by atoms with Crippen LogP contribution in [0.3, 0.4) is 0 Å². The number of hydrogen-bond acceptors (Lipinski definition) is 3. The summed E-state index contributed by atoms with van der Waals surface area (Å²) in [6.45, 7) is 12.5. The maximum atomic E-state index is 8.50. The predicted molar refractivity (Wildman–Crippen MR) is 141 cm³/mol. The van der Waals surface area contributed by atoms with Crippen LogP contribution >= 0.6 is 0 Å². The highest BCUT2D eigenvalue weighted by Crippen LogP contribution is 2.31. The number of aliphatic hydroxyl groups excluding tert-OH is 1. The molecular formula is C29H39N3O. The summed E-state index contributed by atoms with van der Waals surface area (Å²) in [7, 11) is 0. The lowest BCUT2D eigenvalue weighted by molar-refractivity contribution is 0.245. The van der Waals surface area contributed by atoms with Gasteiger partial charge in [0.15, 0.2) is 0 Å². The fourth-order valence-electron chi connectivity index (χ4n) is 4.92. The van der Waals surface area contributed by atoms with E-state index in [1.807, 2.05) is 0 Å². The number of nitrogens with zero attached hydrogens (tertiary/aromatic N) is 1. The average molecular weight is 446 g/mol. The molecule has 0 amide bonds. The summed E-state index contributed by atoms with van der Waals surface area (Å²) in [5.41, 5.74) is 9.23. The van der Waals surface area contributed by atoms with Gasteiger partial charge in [-0.3, -0.25) is 4.90 Å². The highest BCUT2D eigenvalue weighted by Gasteiger charge is 2.16. The Morgan fingerprint density at radius 2 is 1.85 bits per heavy atom. The predicted octanol–water partition coefficient (Wildman–Crippen LogP) is 5.68. The summed E-state index contributed by atoms with van der Waals surface area (Å²) in [6.07, 6.45) is 5.93. The second-order valence-corrected chi connectivity index (χ2v) is 9.89. The van der Waals surface area contributed by atoms with Gasteiger partial charge < -0.3 is 15.4 Å². The fraction of sp³-hybridized carbons (Fsp3) is 0.448. The van der Waals surface area contributed by atoms with Crippen molar-refractivity contribution in [3.8, 4) is 11.1 Å². The first kappa shape index (κ1) is 23.7. The Morgan fingerprint density at radius 3 is 2.48 bits per heavy atom. The van der Waals surface area contributed by atoms with Crippen LogP contribution in [0.25, 0.3) is 27.6 Å². The first-order chi connectivity index (χ1) is 15.9. The first-order valence-corrected chi connectivity index (χ1v) is 12.4. The Bertz CT molecular complexity index is 1110. The fourth-order valence-corrected chi connectivity index (χ4v) is 4.92. The minimum absolute atomic E-state index is 0.306. The van der Waals surface area contributed by atoms with E-state index in [4.69, 9.17) is 5.11 Å². The molecule has 4 heteroatoms. The monoisotopic (exact) mass is 445 g/mol. The number of aromatic nitrogens is 1. The van der Waals surface area contributed by atoms with Gasteiger partial charge in [-0.05, 0) is 106 Å². The van der Waals surface area contributed by atoms with E-state index in [0.717, 1.165) is 32.5 Å². The van der Waals surface area contributed by atoms with Crippen molar-refractivity contribution >= 4 is 16.5 Å². The van der Waals surface area contributed by atoms with E-state index in [0.29, 0.717) is 18.7 Å². The molecule has 3 aromatic rings. The maximum Gasteiger partial charge on any atom is 0.0584 e. The Balaban J connectivity index is 0.000000318. The van der Waals surface area contributed by atoms with Gasteiger partial charge in [-0.25, -0.2) is 0 Å². The smallest absolute Gasteiger partial charge is 0.0584 e. The molecule has 1 atom stereocenters. The molecule has 3 heterocycles. The number of H-pyrrole nitrogens is 1. The molecule has 1 aromatic heterocycles. The van der Waals surface area contributed by atoms with Crippen molar-refractivity contribution in [3.05, 3.63) is 65.4 Å². The lowest BCUT2D eigenvalue weighted by Gasteiger charge is -2.30. The summed E-state index contributed by atoms with van der Waals surface area (Å²) in [6, 6.07) is 17.0. The lowest BCUT2D eigenvalue weighted by Crippen LogP contribution is -2.34. The standard InChI is InChI=1S/C24H28N2.C5H11NO/c1-16(2)26-9-7-19(8-10-26)21-11-17(3)12-22(15-21)20-5-6-24-23(14-20)13-18(4)25-24;7-4-5-2-1-3-6-5/h5-7,11-16,25H,8-10H2,1-4H3;5-7H,1-4H2. The van der Waals surface area contributed by atoms with Crippen LogP contribution in [-0.2, 0) is 0 Å². The van der Waals surface area contributed by atoms with E-state index >= 15 is 0 Å². The van der Waals surface area contributed by atoms with Crippen molar-refractivity contribution in [1.29, 1.82) is 0 Å². The zero-order valence-electron chi connectivity index (χ0n) is 20.6. The molecule has 1 saturated heterocycles. The zero-order chi connectivity index (χ0) is 23.4. The zero-order valence-corrected chi connectivity index (χ0v) is 20.6. The molecule has 176 valence electrons. The molecule has 0 aliphatic carbocycles. The third-order valence-electron chi connectivity index (χ3n) is 6.89. The second kappa shape index (κ2) is 10.7. The summed E-state index contributed by atoms with van der Waals surface area (Å²) < 4.78 is 0. The van der Waals surface area contributed by atoms with Crippen LogP contribution in [-0.4, -0.2) is 53.3 Å². The molecular weight excluding hydrogens is 406 g/mol. The summed E-state index contributed by atoms with van der Waals surface area (Å²) >= 11 is 0. The number of nitrogens with one attached hydrogen (secondary N) is 2. The molecule has 0 bridgehead atoms. The molecule has 2 aliphatic heterocycles. The van der Waals surface area contributed by atoms with E-state index in [1.165, 1.54) is 50.8 Å².